The zero-order valence-electron chi connectivity index (χ0n) is 11.1. The molecule has 0 aromatic heterocycles. The van der Waals surface area contributed by atoms with E-state index in [9.17, 15) is 17.6 Å². The first-order valence-corrected chi connectivity index (χ1v) is 7.61. The van der Waals surface area contributed by atoms with Crippen LogP contribution in [0.1, 0.15) is 19.8 Å². The minimum atomic E-state index is -4.12. The van der Waals surface area contributed by atoms with E-state index in [0.717, 1.165) is 31.0 Å². The highest BCUT2D eigenvalue weighted by Crippen LogP contribution is 2.23. The number of hydrogen-bond acceptors (Lipinski definition) is 4. The van der Waals surface area contributed by atoms with Crippen molar-refractivity contribution in [2.24, 2.45) is 5.14 Å². The Morgan fingerprint density at radius 1 is 1.45 bits per heavy atom. The molecule has 1 rings (SSSR count). The number of nitrogens with two attached hydrogens (primary N) is 1. The molecule has 3 N–H and O–H groups in total. The van der Waals surface area contributed by atoms with E-state index >= 15 is 0 Å². The number of nitrogens with one attached hydrogen (secondary N) is 1. The van der Waals surface area contributed by atoms with Crippen LogP contribution in [0.4, 0.5) is 4.39 Å². The van der Waals surface area contributed by atoms with Crippen molar-refractivity contribution in [3.8, 4) is 5.75 Å². The SMILES string of the molecule is CCCCNC(=O)COc1ccc(F)cc1S(N)(=O)=O. The highest BCUT2D eigenvalue weighted by molar-refractivity contribution is 7.89. The normalized spacial score (nSPS) is 11.2. The summed E-state index contributed by atoms with van der Waals surface area (Å²) in [4.78, 5) is 10.9. The molecule has 0 fully saturated rings. The van der Waals surface area contributed by atoms with E-state index in [2.05, 4.69) is 5.32 Å². The summed E-state index contributed by atoms with van der Waals surface area (Å²) in [7, 11) is -4.12. The number of hydrogen-bond donors (Lipinski definition) is 2. The number of rotatable bonds is 7. The molecule has 0 saturated carbocycles. The molecule has 20 heavy (non-hydrogen) atoms. The lowest BCUT2D eigenvalue weighted by atomic mass is 10.3. The molecule has 0 saturated heterocycles. The van der Waals surface area contributed by atoms with Gasteiger partial charge in [-0.3, -0.25) is 4.79 Å². The summed E-state index contributed by atoms with van der Waals surface area (Å²) in [5, 5.41) is 7.56. The second kappa shape index (κ2) is 7.20. The predicted molar refractivity (Wildman–Crippen MR) is 71.2 cm³/mol. The van der Waals surface area contributed by atoms with E-state index in [4.69, 9.17) is 9.88 Å². The van der Waals surface area contributed by atoms with Crippen LogP contribution in [-0.2, 0) is 14.8 Å². The van der Waals surface area contributed by atoms with Crippen LogP contribution in [0.3, 0.4) is 0 Å². The first kappa shape index (κ1) is 16.4. The van der Waals surface area contributed by atoms with Crippen LogP contribution < -0.4 is 15.2 Å². The molecule has 0 aliphatic rings. The number of unbranched alkanes of at least 4 members (excludes halogenated alkanes) is 1. The van der Waals surface area contributed by atoms with Crippen molar-refractivity contribution < 1.29 is 22.3 Å². The largest absolute Gasteiger partial charge is 0.482 e. The fourth-order valence-electron chi connectivity index (χ4n) is 1.42. The van der Waals surface area contributed by atoms with Crippen LogP contribution in [0.25, 0.3) is 0 Å². The van der Waals surface area contributed by atoms with Gasteiger partial charge in [-0.2, -0.15) is 0 Å². The fraction of sp³-hybridized carbons (Fsp3) is 0.417. The van der Waals surface area contributed by atoms with E-state index < -0.39 is 20.7 Å². The van der Waals surface area contributed by atoms with Gasteiger partial charge in [-0.15, -0.1) is 0 Å². The summed E-state index contributed by atoms with van der Waals surface area (Å²) in [6, 6.07) is 2.90. The molecule has 112 valence electrons. The van der Waals surface area contributed by atoms with Crippen LogP contribution in [0.15, 0.2) is 23.1 Å². The number of primary sulfonamides is 1. The Morgan fingerprint density at radius 2 is 2.15 bits per heavy atom. The zero-order valence-corrected chi connectivity index (χ0v) is 11.9. The molecule has 0 aliphatic heterocycles. The molecule has 1 amide bonds. The van der Waals surface area contributed by atoms with Gasteiger partial charge in [0.15, 0.2) is 6.61 Å². The lowest BCUT2D eigenvalue weighted by Crippen LogP contribution is -2.30. The molecule has 0 radical (unpaired) electrons. The highest BCUT2D eigenvalue weighted by atomic mass is 32.2. The van der Waals surface area contributed by atoms with Gasteiger partial charge in [0.2, 0.25) is 10.0 Å². The first-order valence-electron chi connectivity index (χ1n) is 6.06. The molecule has 0 bridgehead atoms. The average molecular weight is 304 g/mol. The van der Waals surface area contributed by atoms with Crippen LogP contribution in [0.2, 0.25) is 0 Å². The fourth-order valence-corrected chi connectivity index (χ4v) is 2.11. The molecular weight excluding hydrogens is 287 g/mol. The van der Waals surface area contributed by atoms with Crippen LogP contribution >= 0.6 is 0 Å². The molecule has 0 aliphatic carbocycles. The Labute approximate surface area is 117 Å². The van der Waals surface area contributed by atoms with Gasteiger partial charge in [0, 0.05) is 6.54 Å². The van der Waals surface area contributed by atoms with Gasteiger partial charge in [0.1, 0.15) is 16.5 Å². The molecule has 1 aromatic rings. The summed E-state index contributed by atoms with van der Waals surface area (Å²) in [5.74, 6) is -1.29. The maximum atomic E-state index is 13.0. The smallest absolute Gasteiger partial charge is 0.257 e. The summed E-state index contributed by atoms with van der Waals surface area (Å²) >= 11 is 0. The predicted octanol–water partition coefficient (Wildman–Crippen LogP) is 0.768. The van der Waals surface area contributed by atoms with Crippen LogP contribution in [0, 0.1) is 5.82 Å². The molecule has 0 heterocycles. The molecule has 1 aromatic carbocycles. The van der Waals surface area contributed by atoms with Gasteiger partial charge in [-0.25, -0.2) is 17.9 Å². The number of carbonyl (C=O) groups excluding carboxylic acids is 1. The van der Waals surface area contributed by atoms with Gasteiger partial charge < -0.3 is 10.1 Å². The third-order valence-corrected chi connectivity index (χ3v) is 3.36. The van der Waals surface area contributed by atoms with Gasteiger partial charge >= 0.3 is 0 Å². The van der Waals surface area contributed by atoms with Crippen molar-refractivity contribution in [3.05, 3.63) is 24.0 Å². The zero-order chi connectivity index (χ0) is 15.2. The quantitative estimate of drug-likeness (QED) is 0.727. The van der Waals surface area contributed by atoms with Crippen LogP contribution in [0.5, 0.6) is 5.75 Å². The first-order chi connectivity index (χ1) is 9.34. The van der Waals surface area contributed by atoms with Crippen molar-refractivity contribution in [1.29, 1.82) is 0 Å². The van der Waals surface area contributed by atoms with Crippen molar-refractivity contribution in [3.63, 3.8) is 0 Å². The lowest BCUT2D eigenvalue weighted by Gasteiger charge is -2.10. The summed E-state index contributed by atoms with van der Waals surface area (Å²) in [5.41, 5.74) is 0. The maximum absolute atomic E-state index is 13.0. The highest BCUT2D eigenvalue weighted by Gasteiger charge is 2.17. The van der Waals surface area contributed by atoms with Crippen molar-refractivity contribution in [2.45, 2.75) is 24.7 Å². The summed E-state index contributed by atoms with van der Waals surface area (Å²) in [6.07, 6.45) is 1.78. The molecule has 6 nitrogen and oxygen atoms in total. The average Bonchev–Trinajstić information content (AvgIpc) is 2.36. The Hall–Kier alpha value is -1.67. The molecule has 0 atom stereocenters. The standard InChI is InChI=1S/C12H17FN2O4S/c1-2-3-6-15-12(16)8-19-10-5-4-9(13)7-11(10)20(14,17)18/h4-5,7H,2-3,6,8H2,1H3,(H,15,16)(H2,14,17,18). The molecule has 0 unspecified atom stereocenters. The molecule has 8 heteroatoms. The lowest BCUT2D eigenvalue weighted by molar-refractivity contribution is -0.123. The number of carbonyl (C=O) groups is 1. The van der Waals surface area contributed by atoms with Gasteiger partial charge in [0.05, 0.1) is 0 Å². The van der Waals surface area contributed by atoms with Crippen LogP contribution in [-0.4, -0.2) is 27.5 Å². The van der Waals surface area contributed by atoms with Crippen molar-refractivity contribution >= 4 is 15.9 Å². The number of sulfonamides is 1. The second-order valence-electron chi connectivity index (χ2n) is 4.13. The summed E-state index contributed by atoms with van der Waals surface area (Å²) < 4.78 is 40.7. The Kier molecular flexibility index (Phi) is 5.90. The van der Waals surface area contributed by atoms with Gasteiger partial charge in [0.25, 0.3) is 5.91 Å². The number of amides is 1. The Balaban J connectivity index is 2.71. The molecular formula is C12H17FN2O4S. The third-order valence-electron chi connectivity index (χ3n) is 2.42. The number of halogens is 1. The minimum absolute atomic E-state index is 0.153. The molecule has 0 spiro atoms. The Morgan fingerprint density at radius 3 is 2.75 bits per heavy atom. The number of benzene rings is 1. The topological polar surface area (TPSA) is 98.5 Å². The summed E-state index contributed by atoms with van der Waals surface area (Å²) in [6.45, 7) is 2.14. The maximum Gasteiger partial charge on any atom is 0.257 e. The van der Waals surface area contributed by atoms with E-state index in [0.29, 0.717) is 6.54 Å². The number of ether oxygens (including phenoxy) is 1. The van der Waals surface area contributed by atoms with E-state index in [-0.39, 0.29) is 18.3 Å². The van der Waals surface area contributed by atoms with Gasteiger partial charge in [-0.1, -0.05) is 13.3 Å². The third kappa shape index (κ3) is 5.14. The Bertz CT molecular complexity index is 575. The van der Waals surface area contributed by atoms with E-state index in [1.807, 2.05) is 6.92 Å². The van der Waals surface area contributed by atoms with Crippen molar-refractivity contribution in [2.75, 3.05) is 13.2 Å². The monoisotopic (exact) mass is 304 g/mol. The van der Waals surface area contributed by atoms with Crippen molar-refractivity contribution in [1.82, 2.24) is 5.32 Å². The van der Waals surface area contributed by atoms with Gasteiger partial charge in [-0.05, 0) is 24.6 Å². The minimum Gasteiger partial charge on any atom is -0.482 e. The van der Waals surface area contributed by atoms with E-state index in [1.54, 1.807) is 0 Å². The van der Waals surface area contributed by atoms with E-state index in [1.165, 1.54) is 0 Å². The second-order valence-corrected chi connectivity index (χ2v) is 5.66.